The van der Waals surface area contributed by atoms with Crippen LogP contribution < -0.4 is 5.32 Å². The van der Waals surface area contributed by atoms with Crippen molar-refractivity contribution in [1.29, 1.82) is 0 Å². The zero-order valence-corrected chi connectivity index (χ0v) is 12.9. The van der Waals surface area contributed by atoms with Gasteiger partial charge in [-0.05, 0) is 29.4 Å². The molecule has 0 spiro atoms. The van der Waals surface area contributed by atoms with Crippen LogP contribution in [0.25, 0.3) is 0 Å². The molecule has 1 N–H and O–H groups in total. The molecular formula is C15H25ClN2. The second-order valence-corrected chi connectivity index (χ2v) is 6.53. The summed E-state index contributed by atoms with van der Waals surface area (Å²) in [5, 5.41) is 3.46. The molecule has 102 valence electrons. The van der Waals surface area contributed by atoms with Gasteiger partial charge in [-0.2, -0.15) is 0 Å². The molecule has 3 heteroatoms. The van der Waals surface area contributed by atoms with Gasteiger partial charge in [0, 0.05) is 18.1 Å². The average molecular weight is 269 g/mol. The van der Waals surface area contributed by atoms with Crippen LogP contribution in [0.2, 0.25) is 0 Å². The molecule has 0 saturated carbocycles. The lowest BCUT2D eigenvalue weighted by molar-refractivity contribution is 0.511. The summed E-state index contributed by atoms with van der Waals surface area (Å²) in [6.45, 7) is 11.0. The van der Waals surface area contributed by atoms with Crippen molar-refractivity contribution in [2.75, 3.05) is 11.2 Å². The summed E-state index contributed by atoms with van der Waals surface area (Å²) in [6, 6.07) is 4.59. The molecule has 0 aliphatic rings. The number of rotatable bonds is 5. The fourth-order valence-corrected chi connectivity index (χ4v) is 2.04. The Morgan fingerprint density at radius 2 is 1.94 bits per heavy atom. The van der Waals surface area contributed by atoms with Gasteiger partial charge in [-0.15, -0.1) is 11.6 Å². The van der Waals surface area contributed by atoms with Crippen molar-refractivity contribution in [2.24, 2.45) is 5.92 Å². The van der Waals surface area contributed by atoms with E-state index in [1.54, 1.807) is 0 Å². The minimum absolute atomic E-state index is 0.152. The standard InChI is InChI=1S/C15H25ClN2/c1-11(2)13(8-9-16)18-14-7-6-12(10-17-14)15(3,4)5/h6-7,10-11,13H,8-9H2,1-5H3,(H,17,18). The predicted molar refractivity (Wildman–Crippen MR) is 80.5 cm³/mol. The maximum Gasteiger partial charge on any atom is 0.126 e. The van der Waals surface area contributed by atoms with Crippen LogP contribution in [-0.2, 0) is 5.41 Å². The molecular weight excluding hydrogens is 244 g/mol. The van der Waals surface area contributed by atoms with E-state index in [0.29, 0.717) is 17.8 Å². The highest BCUT2D eigenvalue weighted by molar-refractivity contribution is 6.17. The number of nitrogens with one attached hydrogen (secondary N) is 1. The third-order valence-corrected chi connectivity index (χ3v) is 3.41. The van der Waals surface area contributed by atoms with E-state index in [-0.39, 0.29) is 5.41 Å². The van der Waals surface area contributed by atoms with Crippen molar-refractivity contribution in [1.82, 2.24) is 4.98 Å². The van der Waals surface area contributed by atoms with Crippen LogP contribution in [0.1, 0.15) is 46.6 Å². The van der Waals surface area contributed by atoms with Gasteiger partial charge in [0.1, 0.15) is 5.82 Å². The van der Waals surface area contributed by atoms with Gasteiger partial charge in [0.2, 0.25) is 0 Å². The third-order valence-electron chi connectivity index (χ3n) is 3.19. The molecule has 0 aliphatic heterocycles. The molecule has 0 fully saturated rings. The highest BCUT2D eigenvalue weighted by Crippen LogP contribution is 2.22. The maximum atomic E-state index is 5.83. The number of alkyl halides is 1. The van der Waals surface area contributed by atoms with E-state index in [4.69, 9.17) is 11.6 Å². The molecule has 2 nitrogen and oxygen atoms in total. The molecule has 0 bridgehead atoms. The Labute approximate surface area is 116 Å². The first-order chi connectivity index (χ1) is 8.34. The van der Waals surface area contributed by atoms with Gasteiger partial charge in [0.25, 0.3) is 0 Å². The Hall–Kier alpha value is -0.760. The van der Waals surface area contributed by atoms with E-state index in [1.807, 2.05) is 6.20 Å². The van der Waals surface area contributed by atoms with E-state index in [1.165, 1.54) is 5.56 Å². The van der Waals surface area contributed by atoms with Gasteiger partial charge in [0.15, 0.2) is 0 Å². The SMILES string of the molecule is CC(C)C(CCCl)Nc1ccc(C(C)(C)C)cn1. The number of nitrogens with zero attached hydrogens (tertiary/aromatic N) is 1. The molecule has 0 aromatic carbocycles. The molecule has 18 heavy (non-hydrogen) atoms. The normalized spacial score (nSPS) is 13.7. The Balaban J connectivity index is 2.73. The molecule has 1 aromatic heterocycles. The summed E-state index contributed by atoms with van der Waals surface area (Å²) >= 11 is 5.83. The largest absolute Gasteiger partial charge is 0.367 e. The van der Waals surface area contributed by atoms with Crippen molar-refractivity contribution >= 4 is 17.4 Å². The zero-order valence-electron chi connectivity index (χ0n) is 12.1. The zero-order chi connectivity index (χ0) is 13.8. The summed E-state index contributed by atoms with van der Waals surface area (Å²) in [6.07, 6.45) is 2.92. The molecule has 1 heterocycles. The van der Waals surface area contributed by atoms with Crippen LogP contribution >= 0.6 is 11.6 Å². The second-order valence-electron chi connectivity index (χ2n) is 6.15. The lowest BCUT2D eigenvalue weighted by atomic mass is 9.88. The maximum absolute atomic E-state index is 5.83. The molecule has 1 rings (SSSR count). The predicted octanol–water partition coefficient (Wildman–Crippen LogP) is 4.44. The number of anilines is 1. The smallest absolute Gasteiger partial charge is 0.126 e. The van der Waals surface area contributed by atoms with Crippen molar-refractivity contribution in [3.05, 3.63) is 23.9 Å². The van der Waals surface area contributed by atoms with E-state index < -0.39 is 0 Å². The van der Waals surface area contributed by atoms with Crippen LogP contribution in [-0.4, -0.2) is 16.9 Å². The lowest BCUT2D eigenvalue weighted by Gasteiger charge is -2.23. The fourth-order valence-electron chi connectivity index (χ4n) is 1.80. The summed E-state index contributed by atoms with van der Waals surface area (Å²) in [4.78, 5) is 4.50. The Morgan fingerprint density at radius 1 is 1.28 bits per heavy atom. The van der Waals surface area contributed by atoms with E-state index in [9.17, 15) is 0 Å². The molecule has 0 aliphatic carbocycles. The highest BCUT2D eigenvalue weighted by Gasteiger charge is 2.15. The van der Waals surface area contributed by atoms with Crippen LogP contribution in [0, 0.1) is 5.92 Å². The number of halogens is 1. The van der Waals surface area contributed by atoms with Gasteiger partial charge in [-0.25, -0.2) is 4.98 Å². The van der Waals surface area contributed by atoms with Crippen LogP contribution in [0.3, 0.4) is 0 Å². The average Bonchev–Trinajstić information content (AvgIpc) is 2.28. The fraction of sp³-hybridized carbons (Fsp3) is 0.667. The van der Waals surface area contributed by atoms with Gasteiger partial charge >= 0.3 is 0 Å². The van der Waals surface area contributed by atoms with Crippen LogP contribution in [0.5, 0.6) is 0 Å². The number of hydrogen-bond acceptors (Lipinski definition) is 2. The first-order valence-electron chi connectivity index (χ1n) is 6.63. The van der Waals surface area contributed by atoms with E-state index >= 15 is 0 Å². The topological polar surface area (TPSA) is 24.9 Å². The van der Waals surface area contributed by atoms with Gasteiger partial charge in [0.05, 0.1) is 0 Å². The summed E-state index contributed by atoms with van der Waals surface area (Å²) in [5.74, 6) is 2.16. The molecule has 0 radical (unpaired) electrons. The number of aromatic nitrogens is 1. The van der Waals surface area contributed by atoms with Crippen LogP contribution in [0.4, 0.5) is 5.82 Å². The molecule has 1 aromatic rings. The van der Waals surface area contributed by atoms with Gasteiger partial charge < -0.3 is 5.32 Å². The summed E-state index contributed by atoms with van der Waals surface area (Å²) in [5.41, 5.74) is 1.41. The van der Waals surface area contributed by atoms with Crippen molar-refractivity contribution in [2.45, 2.75) is 52.5 Å². The minimum atomic E-state index is 0.152. The van der Waals surface area contributed by atoms with Gasteiger partial charge in [-0.3, -0.25) is 0 Å². The Bertz CT molecular complexity index is 352. The summed E-state index contributed by atoms with van der Waals surface area (Å²) < 4.78 is 0. The van der Waals surface area contributed by atoms with Crippen molar-refractivity contribution in [3.8, 4) is 0 Å². The Kier molecular flexibility index (Phi) is 5.46. The van der Waals surface area contributed by atoms with E-state index in [2.05, 4.69) is 57.1 Å². The van der Waals surface area contributed by atoms with E-state index in [0.717, 1.165) is 12.2 Å². The molecule has 0 amide bonds. The Morgan fingerprint density at radius 3 is 2.33 bits per heavy atom. The number of hydrogen-bond donors (Lipinski definition) is 1. The monoisotopic (exact) mass is 268 g/mol. The van der Waals surface area contributed by atoms with Gasteiger partial charge in [-0.1, -0.05) is 40.7 Å². The minimum Gasteiger partial charge on any atom is -0.367 e. The van der Waals surface area contributed by atoms with Crippen molar-refractivity contribution in [3.63, 3.8) is 0 Å². The second kappa shape index (κ2) is 6.42. The highest BCUT2D eigenvalue weighted by atomic mass is 35.5. The van der Waals surface area contributed by atoms with Crippen molar-refractivity contribution < 1.29 is 0 Å². The lowest BCUT2D eigenvalue weighted by Crippen LogP contribution is -2.26. The molecule has 0 saturated heterocycles. The van der Waals surface area contributed by atoms with Crippen LogP contribution in [0.15, 0.2) is 18.3 Å². The quantitative estimate of drug-likeness (QED) is 0.799. The molecule has 1 atom stereocenters. The molecule has 1 unspecified atom stereocenters. The number of pyridine rings is 1. The first-order valence-corrected chi connectivity index (χ1v) is 7.17. The first kappa shape index (κ1) is 15.3. The third kappa shape index (κ3) is 4.49. The summed E-state index contributed by atoms with van der Waals surface area (Å²) in [7, 11) is 0.